The molecule has 11 heteroatoms. The van der Waals surface area contributed by atoms with Gasteiger partial charge in [0.2, 0.25) is 0 Å². The predicted molar refractivity (Wildman–Crippen MR) is 146 cm³/mol. The number of nitrogens with one attached hydrogen (secondary N) is 1. The standard InChI is InChI=1S/C28H30FN7O3/c1-17-12-19(27(38)35-15-28(2,39)16-35)13-21(29)26(17)36-23(37)14-22-25(32-36)24(31-30-22)18-4-6-20(7-5-18)34-10-8-33(3)9-11-34/h4-7,12-14,30,39H,8-11,15-16H2,1-3H3. The molecule has 2 aromatic carbocycles. The molecule has 4 heterocycles. The second-order valence-electron chi connectivity index (χ2n) is 10.8. The summed E-state index contributed by atoms with van der Waals surface area (Å²) in [5, 5.41) is 21.7. The molecule has 0 spiro atoms. The summed E-state index contributed by atoms with van der Waals surface area (Å²) in [4.78, 5) is 31.8. The highest BCUT2D eigenvalue weighted by Crippen LogP contribution is 2.28. The summed E-state index contributed by atoms with van der Waals surface area (Å²) < 4.78 is 16.4. The highest BCUT2D eigenvalue weighted by atomic mass is 19.1. The topological polar surface area (TPSA) is 111 Å². The molecule has 0 bridgehead atoms. The number of aromatic amines is 1. The average molecular weight is 532 g/mol. The van der Waals surface area contributed by atoms with Gasteiger partial charge in [0.25, 0.3) is 11.5 Å². The quantitative estimate of drug-likeness (QED) is 0.415. The van der Waals surface area contributed by atoms with Crippen LogP contribution in [-0.4, -0.2) is 92.7 Å². The van der Waals surface area contributed by atoms with Gasteiger partial charge in [0.05, 0.1) is 24.2 Å². The number of aryl methyl sites for hydroxylation is 1. The second-order valence-corrected chi connectivity index (χ2v) is 10.8. The monoisotopic (exact) mass is 531 g/mol. The zero-order valence-electron chi connectivity index (χ0n) is 22.1. The van der Waals surface area contributed by atoms with Crippen molar-refractivity contribution >= 4 is 22.6 Å². The molecule has 10 nitrogen and oxygen atoms in total. The Hall–Kier alpha value is -4.09. The zero-order chi connectivity index (χ0) is 27.5. The van der Waals surface area contributed by atoms with E-state index >= 15 is 4.39 Å². The lowest BCUT2D eigenvalue weighted by atomic mass is 9.95. The van der Waals surface area contributed by atoms with Crippen LogP contribution in [-0.2, 0) is 0 Å². The lowest BCUT2D eigenvalue weighted by Gasteiger charge is -2.44. The molecule has 4 aromatic rings. The van der Waals surface area contributed by atoms with E-state index in [1.54, 1.807) is 19.9 Å². The summed E-state index contributed by atoms with van der Waals surface area (Å²) in [5.41, 5.74) is 2.46. The summed E-state index contributed by atoms with van der Waals surface area (Å²) in [6, 6.07) is 12.0. The Morgan fingerprint density at radius 1 is 1.08 bits per heavy atom. The van der Waals surface area contributed by atoms with Gasteiger partial charge in [-0.2, -0.15) is 14.9 Å². The number of carbonyl (C=O) groups excluding carboxylic acids is 1. The van der Waals surface area contributed by atoms with E-state index in [0.717, 1.165) is 48.2 Å². The number of halogens is 1. The summed E-state index contributed by atoms with van der Waals surface area (Å²) in [7, 11) is 2.12. The minimum atomic E-state index is -0.928. The molecule has 0 unspecified atom stereocenters. The van der Waals surface area contributed by atoms with Crippen LogP contribution in [0.4, 0.5) is 10.1 Å². The minimum Gasteiger partial charge on any atom is -0.386 e. The summed E-state index contributed by atoms with van der Waals surface area (Å²) in [6.45, 7) is 7.60. The summed E-state index contributed by atoms with van der Waals surface area (Å²) in [5.74, 6) is -1.11. The number of fused-ring (bicyclic) bond motifs is 1. The first-order valence-corrected chi connectivity index (χ1v) is 12.9. The van der Waals surface area contributed by atoms with E-state index in [2.05, 4.69) is 32.1 Å². The van der Waals surface area contributed by atoms with E-state index < -0.39 is 17.0 Å². The molecule has 2 N–H and O–H groups in total. The van der Waals surface area contributed by atoms with Crippen molar-refractivity contribution in [2.45, 2.75) is 19.4 Å². The van der Waals surface area contributed by atoms with Crippen LogP contribution in [0.3, 0.4) is 0 Å². The van der Waals surface area contributed by atoms with E-state index in [1.807, 2.05) is 24.3 Å². The summed E-state index contributed by atoms with van der Waals surface area (Å²) in [6.07, 6.45) is 0. The van der Waals surface area contributed by atoms with Crippen molar-refractivity contribution in [3.05, 3.63) is 69.8 Å². The Labute approximate surface area is 224 Å². The Bertz CT molecular complexity index is 1600. The third-order valence-corrected chi connectivity index (χ3v) is 7.52. The smallest absolute Gasteiger partial charge is 0.273 e. The van der Waals surface area contributed by atoms with Crippen LogP contribution in [0, 0.1) is 12.7 Å². The van der Waals surface area contributed by atoms with Gasteiger partial charge in [0.1, 0.15) is 22.7 Å². The molecule has 39 heavy (non-hydrogen) atoms. The normalized spacial score (nSPS) is 17.5. The fourth-order valence-corrected chi connectivity index (χ4v) is 5.37. The third kappa shape index (κ3) is 4.57. The van der Waals surface area contributed by atoms with E-state index in [9.17, 15) is 14.7 Å². The number of anilines is 1. The SMILES string of the molecule is Cc1cc(C(=O)N2CC(C)(O)C2)cc(F)c1-n1nc2c(-c3ccc(N4CCN(C)CC4)cc3)n[nH]c2cc1=O. The van der Waals surface area contributed by atoms with Crippen LogP contribution >= 0.6 is 0 Å². The highest BCUT2D eigenvalue weighted by Gasteiger charge is 2.40. The van der Waals surface area contributed by atoms with Crippen molar-refractivity contribution in [1.29, 1.82) is 0 Å². The molecular formula is C28H30FN7O3. The first kappa shape index (κ1) is 25.2. The predicted octanol–water partition coefficient (Wildman–Crippen LogP) is 2.18. The van der Waals surface area contributed by atoms with Crippen LogP contribution in [0.1, 0.15) is 22.8 Å². The second kappa shape index (κ2) is 9.28. The molecule has 0 aliphatic carbocycles. The number of benzene rings is 2. The van der Waals surface area contributed by atoms with Crippen molar-refractivity contribution in [1.82, 2.24) is 29.8 Å². The number of aliphatic hydroxyl groups is 1. The molecule has 0 saturated carbocycles. The van der Waals surface area contributed by atoms with Crippen LogP contribution in [0.25, 0.3) is 28.0 Å². The number of carbonyl (C=O) groups is 1. The van der Waals surface area contributed by atoms with Crippen LogP contribution < -0.4 is 10.5 Å². The van der Waals surface area contributed by atoms with Gasteiger partial charge in [-0.1, -0.05) is 12.1 Å². The van der Waals surface area contributed by atoms with Crippen molar-refractivity contribution in [3.8, 4) is 16.9 Å². The van der Waals surface area contributed by atoms with Gasteiger partial charge in [0, 0.05) is 49.1 Å². The number of nitrogens with zero attached hydrogens (tertiary/aromatic N) is 6. The summed E-state index contributed by atoms with van der Waals surface area (Å²) >= 11 is 0. The molecule has 2 aliphatic heterocycles. The molecule has 2 aromatic heterocycles. The molecule has 1 amide bonds. The molecule has 0 atom stereocenters. The molecule has 202 valence electrons. The maximum atomic E-state index is 15.4. The van der Waals surface area contributed by atoms with Crippen molar-refractivity contribution in [2.75, 3.05) is 51.2 Å². The molecule has 2 aliphatic rings. The first-order valence-electron chi connectivity index (χ1n) is 12.9. The van der Waals surface area contributed by atoms with Gasteiger partial charge in [0.15, 0.2) is 0 Å². The maximum Gasteiger partial charge on any atom is 0.273 e. The van der Waals surface area contributed by atoms with Gasteiger partial charge in [-0.3, -0.25) is 14.7 Å². The Morgan fingerprint density at radius 3 is 2.41 bits per heavy atom. The third-order valence-electron chi connectivity index (χ3n) is 7.52. The fourth-order valence-electron chi connectivity index (χ4n) is 5.37. The molecule has 2 fully saturated rings. The van der Waals surface area contributed by atoms with Gasteiger partial charge in [-0.25, -0.2) is 4.39 Å². The van der Waals surface area contributed by atoms with Crippen LogP contribution in [0.15, 0.2) is 47.3 Å². The number of hydrogen-bond donors (Lipinski definition) is 2. The number of likely N-dealkylation sites (tertiary alicyclic amines) is 1. The first-order chi connectivity index (χ1) is 18.6. The number of hydrogen-bond acceptors (Lipinski definition) is 7. The number of likely N-dealkylation sites (N-methyl/N-ethyl adjacent to an activating group) is 1. The fraction of sp³-hybridized carbons (Fsp3) is 0.357. The maximum absolute atomic E-state index is 15.4. The number of piperazine rings is 1. The van der Waals surface area contributed by atoms with Crippen molar-refractivity contribution < 1.29 is 14.3 Å². The Morgan fingerprint density at radius 2 is 1.77 bits per heavy atom. The van der Waals surface area contributed by atoms with Crippen molar-refractivity contribution in [3.63, 3.8) is 0 Å². The minimum absolute atomic E-state index is 0.0216. The van der Waals surface area contributed by atoms with Gasteiger partial charge in [-0.05, 0) is 50.7 Å². The van der Waals surface area contributed by atoms with E-state index in [0.29, 0.717) is 22.3 Å². The number of β-amino-alcohol motifs (C(OH)–C–C–N with tert-alkyl or cyclic N) is 1. The number of H-pyrrole nitrogens is 1. The van der Waals surface area contributed by atoms with Gasteiger partial charge < -0.3 is 19.8 Å². The van der Waals surface area contributed by atoms with Gasteiger partial charge >= 0.3 is 0 Å². The van der Waals surface area contributed by atoms with E-state index in [1.165, 1.54) is 11.0 Å². The average Bonchev–Trinajstić information content (AvgIpc) is 3.29. The van der Waals surface area contributed by atoms with E-state index in [4.69, 9.17) is 0 Å². The zero-order valence-corrected chi connectivity index (χ0v) is 22.1. The van der Waals surface area contributed by atoms with Crippen LogP contribution in [0.2, 0.25) is 0 Å². The lowest BCUT2D eigenvalue weighted by Crippen LogP contribution is -2.61. The van der Waals surface area contributed by atoms with Crippen molar-refractivity contribution in [2.24, 2.45) is 0 Å². The largest absolute Gasteiger partial charge is 0.386 e. The molecule has 2 saturated heterocycles. The van der Waals surface area contributed by atoms with Gasteiger partial charge in [-0.15, -0.1) is 0 Å². The Kier molecular flexibility index (Phi) is 6.00. The molecule has 6 rings (SSSR count). The lowest BCUT2D eigenvalue weighted by molar-refractivity contribution is -0.0668. The highest BCUT2D eigenvalue weighted by molar-refractivity contribution is 5.95. The van der Waals surface area contributed by atoms with Crippen LogP contribution in [0.5, 0.6) is 0 Å². The number of aromatic nitrogens is 4. The molecular weight excluding hydrogens is 501 g/mol. The molecule has 0 radical (unpaired) electrons. The number of amides is 1. The van der Waals surface area contributed by atoms with E-state index in [-0.39, 0.29) is 30.2 Å². The Balaban J connectivity index is 1.33. The number of rotatable bonds is 4.